The van der Waals surface area contributed by atoms with Crippen molar-refractivity contribution in [1.82, 2.24) is 37.5 Å². The van der Waals surface area contributed by atoms with Crippen molar-refractivity contribution in [3.05, 3.63) is 255 Å². The van der Waals surface area contributed by atoms with Crippen molar-refractivity contribution < 1.29 is 0 Å². The van der Waals surface area contributed by atoms with Gasteiger partial charge in [-0.15, -0.1) is 0 Å². The van der Waals surface area contributed by atoms with Gasteiger partial charge in [0, 0.05) is 70.5 Å². The van der Waals surface area contributed by atoms with Crippen molar-refractivity contribution in [3.63, 3.8) is 0 Å². The fourth-order valence-corrected chi connectivity index (χ4v) is 13.5. The van der Waals surface area contributed by atoms with Gasteiger partial charge in [0.2, 0.25) is 11.9 Å². The topological polar surface area (TPSA) is 62.3 Å². The Hall–Kier alpha value is -10.8. The van der Waals surface area contributed by atoms with Crippen molar-refractivity contribution in [2.75, 3.05) is 0 Å². The molecule has 0 amide bonds. The summed E-state index contributed by atoms with van der Waals surface area (Å²) in [4.78, 5) is 16.5. The van der Waals surface area contributed by atoms with Gasteiger partial charge in [-0.1, -0.05) is 176 Å². The van der Waals surface area contributed by atoms with Crippen LogP contribution in [0.25, 0.3) is 160 Å². The van der Waals surface area contributed by atoms with Crippen LogP contribution < -0.4 is 0 Å². The number of hydrogen-bond donors (Lipinski definition) is 0. The van der Waals surface area contributed by atoms with E-state index in [0.29, 0.717) is 17.7 Å². The number of para-hydroxylation sites is 9. The monoisotopic (exact) mass is 1010 g/mol. The van der Waals surface area contributed by atoms with Crippen LogP contribution in [0.2, 0.25) is 0 Å². The Kier molecular flexibility index (Phi) is 8.51. The molecule has 366 valence electrons. The molecule has 8 nitrogen and oxygen atoms in total. The van der Waals surface area contributed by atoms with Gasteiger partial charge in [0.15, 0.2) is 5.82 Å². The van der Waals surface area contributed by atoms with Gasteiger partial charge in [-0.05, 0) is 89.6 Å². The van der Waals surface area contributed by atoms with E-state index in [2.05, 4.69) is 277 Å². The number of fused-ring (bicyclic) bond motifs is 22. The molecule has 0 unspecified atom stereocenters. The first kappa shape index (κ1) is 42.4. The highest BCUT2D eigenvalue weighted by molar-refractivity contribution is 6.25. The van der Waals surface area contributed by atoms with E-state index in [1.807, 2.05) is 0 Å². The molecule has 7 heterocycles. The van der Waals surface area contributed by atoms with Crippen LogP contribution in [-0.4, -0.2) is 37.5 Å². The Labute approximate surface area is 449 Å². The molecule has 0 aliphatic carbocycles. The molecule has 0 saturated carbocycles. The number of rotatable bonds is 4. The van der Waals surface area contributed by atoms with Gasteiger partial charge in [0.1, 0.15) is 5.65 Å². The van der Waals surface area contributed by atoms with Gasteiger partial charge in [-0.2, -0.15) is 15.0 Å². The molecule has 0 radical (unpaired) electrons. The van der Waals surface area contributed by atoms with E-state index in [0.717, 1.165) is 104 Å². The second-order valence-electron chi connectivity index (χ2n) is 20.8. The highest BCUT2D eigenvalue weighted by atomic mass is 15.3. The minimum absolute atomic E-state index is 0.543. The van der Waals surface area contributed by atoms with E-state index in [1.165, 1.54) is 38.0 Å². The molecule has 0 N–H and O–H groups in total. The highest BCUT2D eigenvalue weighted by Gasteiger charge is 2.24. The maximum atomic E-state index is 5.53. The van der Waals surface area contributed by atoms with Crippen LogP contribution in [0.5, 0.6) is 0 Å². The zero-order valence-corrected chi connectivity index (χ0v) is 42.3. The van der Waals surface area contributed by atoms with E-state index >= 15 is 0 Å². The minimum Gasteiger partial charge on any atom is -0.309 e. The lowest BCUT2D eigenvalue weighted by Gasteiger charge is -2.13. The van der Waals surface area contributed by atoms with Gasteiger partial charge in [-0.3, -0.25) is 17.9 Å². The maximum Gasteiger partial charge on any atom is 0.240 e. The summed E-state index contributed by atoms with van der Waals surface area (Å²) < 4.78 is 11.8. The number of nitrogens with zero attached hydrogens (tertiary/aromatic N) is 8. The molecule has 79 heavy (non-hydrogen) atoms. The van der Waals surface area contributed by atoms with E-state index < -0.39 is 0 Å². The average molecular weight is 1010 g/mol. The lowest BCUT2D eigenvalue weighted by Crippen LogP contribution is -2.10. The van der Waals surface area contributed by atoms with Crippen LogP contribution in [0.4, 0.5) is 0 Å². The largest absolute Gasteiger partial charge is 0.309 e. The molecule has 0 spiro atoms. The van der Waals surface area contributed by atoms with E-state index in [1.54, 1.807) is 0 Å². The number of benzene rings is 11. The summed E-state index contributed by atoms with van der Waals surface area (Å²) in [6.45, 7) is 0. The predicted molar refractivity (Wildman–Crippen MR) is 327 cm³/mol. The van der Waals surface area contributed by atoms with Crippen LogP contribution in [0.15, 0.2) is 255 Å². The third kappa shape index (κ3) is 5.78. The van der Waals surface area contributed by atoms with Crippen LogP contribution >= 0.6 is 0 Å². The zero-order chi connectivity index (χ0) is 51.4. The van der Waals surface area contributed by atoms with Gasteiger partial charge < -0.3 is 4.57 Å². The van der Waals surface area contributed by atoms with Gasteiger partial charge in [0.25, 0.3) is 0 Å². The van der Waals surface area contributed by atoms with Gasteiger partial charge in [-0.25, -0.2) is 0 Å². The smallest absolute Gasteiger partial charge is 0.240 e. The molecule has 0 atom stereocenters. The Bertz CT molecular complexity index is 5420. The molecular formula is C71H42N8. The standard InChI is InChI=1S/C71H42N8/c1-12-30-59-46(19-1)45-39-37-43(68-72-70(78-61-32-14-4-22-49(61)50-23-5-15-33-62(50)78)74-71(73-68)79-63-34-16-6-24-51(63)52-25-7-17-35-64(52)79)41-55(45)53-26-8-13-31-60(53)77-66-40-38-44(42-56(66)67-54-27-9-18-36-65(54)76(59)69(67)77)75-57-28-10-2-20-47(57)48-21-3-11-29-58(48)75/h1-42H. The van der Waals surface area contributed by atoms with Crippen molar-refractivity contribution in [2.24, 2.45) is 0 Å². The van der Waals surface area contributed by atoms with Gasteiger partial charge >= 0.3 is 0 Å². The molecule has 11 aromatic carbocycles. The lowest BCUT2D eigenvalue weighted by atomic mass is 10.0. The average Bonchev–Trinajstić information content (AvgIpc) is 4.05. The number of hydrogen-bond acceptors (Lipinski definition) is 3. The number of aromatic nitrogens is 8. The van der Waals surface area contributed by atoms with Crippen molar-refractivity contribution in [3.8, 4) is 29.0 Å². The molecule has 18 rings (SSSR count). The second-order valence-corrected chi connectivity index (χ2v) is 20.8. The van der Waals surface area contributed by atoms with Crippen molar-refractivity contribution in [1.29, 1.82) is 0 Å². The molecule has 0 aliphatic rings. The lowest BCUT2D eigenvalue weighted by molar-refractivity contribution is 0.893. The molecule has 7 aromatic heterocycles. The molecule has 0 aliphatic heterocycles. The first-order valence-electron chi connectivity index (χ1n) is 26.9. The molecule has 0 bridgehead atoms. The first-order valence-corrected chi connectivity index (χ1v) is 26.9. The normalized spacial score (nSPS) is 12.3. The fraction of sp³-hybridized carbons (Fsp3) is 0. The van der Waals surface area contributed by atoms with Crippen molar-refractivity contribution >= 4 is 131 Å². The third-order valence-electron chi connectivity index (χ3n) is 16.7. The van der Waals surface area contributed by atoms with E-state index in [9.17, 15) is 0 Å². The first-order chi connectivity index (χ1) is 39.2. The van der Waals surface area contributed by atoms with E-state index in [-0.39, 0.29) is 0 Å². The Balaban J connectivity index is 0.975. The third-order valence-corrected chi connectivity index (χ3v) is 16.7. The van der Waals surface area contributed by atoms with Gasteiger partial charge in [0.05, 0.1) is 55.2 Å². The summed E-state index contributed by atoms with van der Waals surface area (Å²) in [7, 11) is 0. The SMILES string of the molecule is c1ccc2c(c1)c1ccccc1n2-c1ccc2c(c1)c1c3ccccc3n3c4ccccc4c4ccc(-c5nc(-n6c7ccccc7c7ccccc76)nc(-n6c7ccccc7c7ccccc76)n5)cc4c4ccccc4n2c13. The molecule has 18 aromatic rings. The van der Waals surface area contributed by atoms with Crippen LogP contribution in [0, 0.1) is 0 Å². The summed E-state index contributed by atoms with van der Waals surface area (Å²) >= 11 is 0. The molecule has 8 heteroatoms. The second kappa shape index (κ2) is 15.9. The van der Waals surface area contributed by atoms with Crippen molar-refractivity contribution in [2.45, 2.75) is 0 Å². The summed E-state index contributed by atoms with van der Waals surface area (Å²) in [6.07, 6.45) is 0. The van der Waals surface area contributed by atoms with Crippen LogP contribution in [0.1, 0.15) is 0 Å². The van der Waals surface area contributed by atoms with Crippen LogP contribution in [0.3, 0.4) is 0 Å². The summed E-state index contributed by atoms with van der Waals surface area (Å²) in [5.41, 5.74) is 14.0. The zero-order valence-electron chi connectivity index (χ0n) is 42.3. The quantitative estimate of drug-likeness (QED) is 0.176. The van der Waals surface area contributed by atoms with E-state index in [4.69, 9.17) is 15.0 Å². The summed E-state index contributed by atoms with van der Waals surface area (Å²) in [5.74, 6) is 1.66. The Morgan fingerprint density at radius 2 is 0.570 bits per heavy atom. The molecule has 0 fully saturated rings. The fourth-order valence-electron chi connectivity index (χ4n) is 13.5. The summed E-state index contributed by atoms with van der Waals surface area (Å²) in [5, 5.41) is 15.0. The van der Waals surface area contributed by atoms with Crippen LogP contribution in [-0.2, 0) is 0 Å². The Morgan fingerprint density at radius 3 is 1.01 bits per heavy atom. The minimum atomic E-state index is 0.543. The highest BCUT2D eigenvalue weighted by Crippen LogP contribution is 2.43. The Morgan fingerprint density at radius 1 is 0.228 bits per heavy atom. The maximum absolute atomic E-state index is 5.53. The molecule has 0 saturated heterocycles. The predicted octanol–water partition coefficient (Wildman–Crippen LogP) is 17.7. The summed E-state index contributed by atoms with van der Waals surface area (Å²) in [6, 6.07) is 92.2. The molecular weight excluding hydrogens is 965 g/mol.